The third kappa shape index (κ3) is 7.47. The minimum Gasteiger partial charge on any atom is -0.383 e. The molecule has 2 rings (SSSR count). The van der Waals surface area contributed by atoms with E-state index in [2.05, 4.69) is 10.2 Å². The number of nitrogens with one attached hydrogen (secondary N) is 1. The molecule has 1 aromatic carbocycles. The smallest absolute Gasteiger partial charge is 0.253 e. The number of nitrogens with two attached hydrogens (primary N) is 1. The second kappa shape index (κ2) is 12.9. The lowest BCUT2D eigenvalue weighted by Crippen LogP contribution is -2.51. The van der Waals surface area contributed by atoms with Gasteiger partial charge in [-0.05, 0) is 17.7 Å². The Hall–Kier alpha value is -1.38. The van der Waals surface area contributed by atoms with E-state index in [9.17, 15) is 9.59 Å². The standard InChI is InChI=1S/C17H26N4O3.2ClH/c1-24-11-6-19-16(22)13-20-7-9-21(10-8-20)17(23)15-4-2-14(12-18)3-5-15;;/h2-5H,6-13,18H2,1H3,(H,19,22);2*1H. The van der Waals surface area contributed by atoms with Crippen LogP contribution < -0.4 is 11.1 Å². The number of ether oxygens (including phenoxy) is 1. The molecule has 0 aliphatic carbocycles. The minimum absolute atomic E-state index is 0. The van der Waals surface area contributed by atoms with E-state index in [4.69, 9.17) is 10.5 Å². The van der Waals surface area contributed by atoms with Crippen molar-refractivity contribution < 1.29 is 14.3 Å². The molecule has 0 bridgehead atoms. The van der Waals surface area contributed by atoms with E-state index in [1.165, 1.54) is 0 Å². The molecule has 0 aromatic heterocycles. The molecule has 0 unspecified atom stereocenters. The molecule has 7 nitrogen and oxygen atoms in total. The molecule has 1 saturated heterocycles. The molecule has 1 aromatic rings. The fourth-order valence-electron chi connectivity index (χ4n) is 2.63. The molecule has 0 radical (unpaired) electrons. The van der Waals surface area contributed by atoms with Crippen molar-refractivity contribution in [3.05, 3.63) is 35.4 Å². The monoisotopic (exact) mass is 406 g/mol. The predicted molar refractivity (Wildman–Crippen MR) is 106 cm³/mol. The van der Waals surface area contributed by atoms with E-state index < -0.39 is 0 Å². The van der Waals surface area contributed by atoms with Gasteiger partial charge >= 0.3 is 0 Å². The topological polar surface area (TPSA) is 87.9 Å². The Morgan fingerprint density at radius 2 is 1.73 bits per heavy atom. The molecule has 3 N–H and O–H groups in total. The summed E-state index contributed by atoms with van der Waals surface area (Å²) >= 11 is 0. The summed E-state index contributed by atoms with van der Waals surface area (Å²) in [4.78, 5) is 28.2. The quantitative estimate of drug-likeness (QED) is 0.644. The molecular formula is C17H28Cl2N4O3. The van der Waals surface area contributed by atoms with Gasteiger partial charge in [-0.25, -0.2) is 0 Å². The number of methoxy groups -OCH3 is 1. The SMILES string of the molecule is COCCNC(=O)CN1CCN(C(=O)c2ccc(CN)cc2)CC1.Cl.Cl. The highest BCUT2D eigenvalue weighted by Crippen LogP contribution is 2.10. The highest BCUT2D eigenvalue weighted by atomic mass is 35.5. The van der Waals surface area contributed by atoms with Crippen LogP contribution in [0.3, 0.4) is 0 Å². The van der Waals surface area contributed by atoms with Gasteiger partial charge in [0.15, 0.2) is 0 Å². The minimum atomic E-state index is -0.0100. The van der Waals surface area contributed by atoms with Crippen molar-refractivity contribution in [2.75, 3.05) is 53.0 Å². The van der Waals surface area contributed by atoms with E-state index in [1.54, 1.807) is 7.11 Å². The van der Waals surface area contributed by atoms with Crippen LogP contribution in [0.5, 0.6) is 0 Å². The predicted octanol–water partition coefficient (Wildman–Crippen LogP) is 0.509. The van der Waals surface area contributed by atoms with Crippen molar-refractivity contribution in [1.82, 2.24) is 15.1 Å². The van der Waals surface area contributed by atoms with Crippen molar-refractivity contribution >= 4 is 36.6 Å². The summed E-state index contributed by atoms with van der Waals surface area (Å²) in [7, 11) is 1.60. The fraction of sp³-hybridized carbons (Fsp3) is 0.529. The van der Waals surface area contributed by atoms with Gasteiger partial charge in [0.25, 0.3) is 5.91 Å². The van der Waals surface area contributed by atoms with Gasteiger partial charge in [0, 0.05) is 51.9 Å². The maximum absolute atomic E-state index is 12.5. The molecule has 0 atom stereocenters. The second-order valence-corrected chi connectivity index (χ2v) is 5.81. The molecule has 1 aliphatic heterocycles. The van der Waals surface area contributed by atoms with Gasteiger partial charge in [-0.3, -0.25) is 14.5 Å². The normalized spacial score (nSPS) is 14.2. The molecular weight excluding hydrogens is 379 g/mol. The average Bonchev–Trinajstić information content (AvgIpc) is 2.62. The molecule has 1 fully saturated rings. The summed E-state index contributed by atoms with van der Waals surface area (Å²) in [5.41, 5.74) is 7.26. The Morgan fingerprint density at radius 1 is 1.12 bits per heavy atom. The summed E-state index contributed by atoms with van der Waals surface area (Å²) in [6.45, 7) is 4.51. The van der Waals surface area contributed by atoms with Crippen LogP contribution >= 0.6 is 24.8 Å². The molecule has 26 heavy (non-hydrogen) atoms. The highest BCUT2D eigenvalue weighted by Gasteiger charge is 2.23. The first-order valence-corrected chi connectivity index (χ1v) is 8.20. The van der Waals surface area contributed by atoms with Gasteiger partial charge in [0.1, 0.15) is 0 Å². The number of amides is 2. The summed E-state index contributed by atoms with van der Waals surface area (Å²) in [6.07, 6.45) is 0. The van der Waals surface area contributed by atoms with Crippen LogP contribution in [0.25, 0.3) is 0 Å². The summed E-state index contributed by atoms with van der Waals surface area (Å²) in [5, 5.41) is 2.81. The molecule has 1 heterocycles. The van der Waals surface area contributed by atoms with Crippen molar-refractivity contribution in [3.8, 4) is 0 Å². The lowest BCUT2D eigenvalue weighted by atomic mass is 10.1. The molecule has 9 heteroatoms. The number of carbonyl (C=O) groups excluding carboxylic acids is 2. The fourth-order valence-corrected chi connectivity index (χ4v) is 2.63. The number of hydrogen-bond acceptors (Lipinski definition) is 5. The second-order valence-electron chi connectivity index (χ2n) is 5.81. The molecule has 0 saturated carbocycles. The van der Waals surface area contributed by atoms with Crippen molar-refractivity contribution in [3.63, 3.8) is 0 Å². The number of piperazine rings is 1. The number of nitrogens with zero attached hydrogens (tertiary/aromatic N) is 2. The first kappa shape index (κ1) is 24.6. The average molecular weight is 407 g/mol. The van der Waals surface area contributed by atoms with Crippen LogP contribution in [0.4, 0.5) is 0 Å². The lowest BCUT2D eigenvalue weighted by Gasteiger charge is -2.34. The highest BCUT2D eigenvalue weighted by molar-refractivity contribution is 5.94. The Labute approximate surface area is 167 Å². The van der Waals surface area contributed by atoms with E-state index in [0.717, 1.165) is 5.56 Å². The van der Waals surface area contributed by atoms with Crippen molar-refractivity contribution in [1.29, 1.82) is 0 Å². The molecule has 2 amide bonds. The first-order chi connectivity index (χ1) is 11.6. The van der Waals surface area contributed by atoms with Crippen molar-refractivity contribution in [2.45, 2.75) is 6.54 Å². The van der Waals surface area contributed by atoms with Crippen LogP contribution in [-0.2, 0) is 16.1 Å². The number of carbonyl (C=O) groups is 2. The van der Waals surface area contributed by atoms with Crippen LogP contribution in [0.1, 0.15) is 15.9 Å². The van der Waals surface area contributed by atoms with Crippen LogP contribution in [0.2, 0.25) is 0 Å². The zero-order chi connectivity index (χ0) is 17.4. The van der Waals surface area contributed by atoms with E-state index in [1.807, 2.05) is 29.2 Å². The van der Waals surface area contributed by atoms with Gasteiger partial charge in [-0.1, -0.05) is 12.1 Å². The number of halogens is 2. The van der Waals surface area contributed by atoms with Gasteiger partial charge in [-0.2, -0.15) is 0 Å². The van der Waals surface area contributed by atoms with Gasteiger partial charge in [-0.15, -0.1) is 24.8 Å². The number of rotatable bonds is 7. The maximum atomic E-state index is 12.5. The maximum Gasteiger partial charge on any atom is 0.253 e. The zero-order valence-corrected chi connectivity index (χ0v) is 16.6. The van der Waals surface area contributed by atoms with Crippen molar-refractivity contribution in [2.24, 2.45) is 5.73 Å². The molecule has 0 spiro atoms. The number of hydrogen-bond donors (Lipinski definition) is 2. The zero-order valence-electron chi connectivity index (χ0n) is 15.0. The van der Waals surface area contributed by atoms with Gasteiger partial charge in [0.05, 0.1) is 13.2 Å². The summed E-state index contributed by atoms with van der Waals surface area (Å²) in [6, 6.07) is 7.40. The van der Waals surface area contributed by atoms with Gasteiger partial charge < -0.3 is 20.7 Å². The first-order valence-electron chi connectivity index (χ1n) is 8.20. The van der Waals surface area contributed by atoms with Crippen LogP contribution in [0, 0.1) is 0 Å². The Kier molecular flexibility index (Phi) is 12.2. The lowest BCUT2D eigenvalue weighted by molar-refractivity contribution is -0.122. The Morgan fingerprint density at radius 3 is 2.27 bits per heavy atom. The van der Waals surface area contributed by atoms with Crippen LogP contribution in [0.15, 0.2) is 24.3 Å². The van der Waals surface area contributed by atoms with Crippen LogP contribution in [-0.4, -0.2) is 74.6 Å². The van der Waals surface area contributed by atoms with E-state index in [-0.39, 0.29) is 36.6 Å². The largest absolute Gasteiger partial charge is 0.383 e. The van der Waals surface area contributed by atoms with E-state index >= 15 is 0 Å². The Bertz CT molecular complexity index is 549. The summed E-state index contributed by atoms with van der Waals surface area (Å²) < 4.78 is 4.90. The van der Waals surface area contributed by atoms with E-state index in [0.29, 0.717) is 58.0 Å². The third-order valence-corrected chi connectivity index (χ3v) is 4.09. The molecule has 1 aliphatic rings. The summed E-state index contributed by atoms with van der Waals surface area (Å²) in [5.74, 6) is 0.0203. The number of benzene rings is 1. The molecule has 148 valence electrons. The Balaban J connectivity index is 0.00000312. The van der Waals surface area contributed by atoms with Gasteiger partial charge in [0.2, 0.25) is 5.91 Å². The third-order valence-electron chi connectivity index (χ3n) is 4.09.